The molecule has 0 aliphatic heterocycles. The second kappa shape index (κ2) is 4.76. The summed E-state index contributed by atoms with van der Waals surface area (Å²) in [5, 5.41) is 3.43. The van der Waals surface area contributed by atoms with E-state index >= 15 is 0 Å². The molecule has 0 bridgehead atoms. The zero-order valence-electron chi connectivity index (χ0n) is 9.58. The molecular formula is C11H8BrF3N2O2. The Bertz CT molecular complexity index is 610. The van der Waals surface area contributed by atoms with Crippen molar-refractivity contribution in [3.05, 3.63) is 28.2 Å². The Balaban J connectivity index is 2.63. The van der Waals surface area contributed by atoms with Crippen LogP contribution in [0.15, 0.2) is 27.2 Å². The maximum absolute atomic E-state index is 12.9. The highest BCUT2D eigenvalue weighted by atomic mass is 79.9. The molecule has 0 spiro atoms. The van der Waals surface area contributed by atoms with Gasteiger partial charge in [-0.1, -0.05) is 5.16 Å². The normalized spacial score (nSPS) is 11.6. The highest BCUT2D eigenvalue weighted by Crippen LogP contribution is 2.43. The lowest BCUT2D eigenvalue weighted by molar-refractivity contribution is -0.138. The largest absolute Gasteiger partial charge is 0.495 e. The average molecular weight is 337 g/mol. The smallest absolute Gasteiger partial charge is 0.420 e. The van der Waals surface area contributed by atoms with Gasteiger partial charge in [0.25, 0.3) is 0 Å². The molecule has 0 amide bonds. The van der Waals surface area contributed by atoms with Crippen LogP contribution in [0.2, 0.25) is 0 Å². The average Bonchev–Trinajstić information content (AvgIpc) is 2.73. The molecule has 1 heterocycles. The fourth-order valence-corrected chi connectivity index (χ4v) is 2.20. The molecule has 1 aromatic heterocycles. The third kappa shape index (κ3) is 2.67. The minimum Gasteiger partial charge on any atom is -0.495 e. The van der Waals surface area contributed by atoms with Crippen LogP contribution in [-0.2, 0) is 6.18 Å². The summed E-state index contributed by atoms with van der Waals surface area (Å²) in [4.78, 5) is 0. The van der Waals surface area contributed by atoms with Crippen molar-refractivity contribution in [3.8, 4) is 17.1 Å². The number of alkyl halides is 3. The van der Waals surface area contributed by atoms with Crippen LogP contribution < -0.4 is 10.5 Å². The van der Waals surface area contributed by atoms with Gasteiger partial charge in [0, 0.05) is 11.6 Å². The number of nitrogen functional groups attached to an aromatic ring is 1. The van der Waals surface area contributed by atoms with Crippen molar-refractivity contribution in [3.63, 3.8) is 0 Å². The van der Waals surface area contributed by atoms with Crippen LogP contribution >= 0.6 is 15.9 Å². The van der Waals surface area contributed by atoms with Crippen LogP contribution in [0.4, 0.5) is 19.0 Å². The first kappa shape index (κ1) is 13.7. The van der Waals surface area contributed by atoms with Gasteiger partial charge in [0.05, 0.1) is 17.1 Å². The summed E-state index contributed by atoms with van der Waals surface area (Å²) in [6.45, 7) is 0. The van der Waals surface area contributed by atoms with Crippen molar-refractivity contribution in [2.45, 2.75) is 6.18 Å². The zero-order valence-corrected chi connectivity index (χ0v) is 11.2. The Labute approximate surface area is 114 Å². The lowest BCUT2D eigenvalue weighted by Gasteiger charge is -2.14. The first-order valence-electron chi connectivity index (χ1n) is 5.00. The monoisotopic (exact) mass is 336 g/mol. The maximum atomic E-state index is 12.9. The fraction of sp³-hybridized carbons (Fsp3) is 0.182. The van der Waals surface area contributed by atoms with Crippen LogP contribution in [0.25, 0.3) is 11.3 Å². The molecule has 0 radical (unpaired) electrons. The van der Waals surface area contributed by atoms with Gasteiger partial charge in [-0.2, -0.15) is 13.2 Å². The molecule has 0 aliphatic carbocycles. The molecule has 2 rings (SSSR count). The molecule has 0 atom stereocenters. The van der Waals surface area contributed by atoms with Crippen LogP contribution in [-0.4, -0.2) is 12.3 Å². The van der Waals surface area contributed by atoms with Crippen molar-refractivity contribution < 1.29 is 22.4 Å². The van der Waals surface area contributed by atoms with E-state index in [1.165, 1.54) is 19.2 Å². The Morgan fingerprint density at radius 1 is 1.32 bits per heavy atom. The van der Waals surface area contributed by atoms with Crippen molar-refractivity contribution >= 4 is 21.7 Å². The van der Waals surface area contributed by atoms with Gasteiger partial charge in [-0.3, -0.25) is 0 Å². The summed E-state index contributed by atoms with van der Waals surface area (Å²) >= 11 is 3.04. The second-order valence-corrected chi connectivity index (χ2v) is 4.51. The number of rotatable bonds is 2. The highest BCUT2D eigenvalue weighted by molar-refractivity contribution is 9.10. The van der Waals surface area contributed by atoms with Gasteiger partial charge >= 0.3 is 6.18 Å². The van der Waals surface area contributed by atoms with E-state index in [1.54, 1.807) is 0 Å². The zero-order chi connectivity index (χ0) is 14.2. The number of benzene rings is 1. The molecule has 0 unspecified atom stereocenters. The first-order valence-corrected chi connectivity index (χ1v) is 5.79. The summed E-state index contributed by atoms with van der Waals surface area (Å²) in [6, 6.07) is 3.70. The quantitative estimate of drug-likeness (QED) is 0.907. The minimum absolute atomic E-state index is 0.0931. The number of anilines is 1. The SMILES string of the molecule is COc1c(Br)cc(-c2cc(N)no2)cc1C(F)(F)F. The third-order valence-corrected chi connectivity index (χ3v) is 2.96. The van der Waals surface area contributed by atoms with Crippen LogP contribution in [0.3, 0.4) is 0 Å². The summed E-state index contributed by atoms with van der Waals surface area (Å²) in [5.74, 6) is -0.0504. The molecule has 4 nitrogen and oxygen atoms in total. The van der Waals surface area contributed by atoms with Gasteiger partial charge in [0.2, 0.25) is 0 Å². The molecule has 0 saturated carbocycles. The predicted molar refractivity (Wildman–Crippen MR) is 65.6 cm³/mol. The number of nitrogens with two attached hydrogens (primary N) is 1. The lowest BCUT2D eigenvalue weighted by atomic mass is 10.1. The number of nitrogens with zero attached hydrogens (tertiary/aromatic N) is 1. The van der Waals surface area contributed by atoms with Crippen LogP contribution in [0.1, 0.15) is 5.56 Å². The summed E-state index contributed by atoms with van der Waals surface area (Å²) in [5.41, 5.74) is 4.66. The Kier molecular flexibility index (Phi) is 3.44. The fourth-order valence-electron chi connectivity index (χ4n) is 1.58. The molecule has 0 aliphatic rings. The van der Waals surface area contributed by atoms with Gasteiger partial charge < -0.3 is 15.0 Å². The standard InChI is InChI=1S/C11H8BrF3N2O2/c1-18-10-6(11(13,14)15)2-5(3-7(10)12)8-4-9(16)17-19-8/h2-4H,1H3,(H2,16,17). The van der Waals surface area contributed by atoms with E-state index in [1.807, 2.05) is 0 Å². The first-order chi connectivity index (χ1) is 8.82. The van der Waals surface area contributed by atoms with E-state index in [4.69, 9.17) is 15.0 Å². The van der Waals surface area contributed by atoms with E-state index in [0.29, 0.717) is 0 Å². The van der Waals surface area contributed by atoms with E-state index in [9.17, 15) is 13.2 Å². The van der Waals surface area contributed by atoms with Gasteiger partial charge in [-0.05, 0) is 28.1 Å². The van der Waals surface area contributed by atoms with Crippen molar-refractivity contribution in [1.82, 2.24) is 5.16 Å². The van der Waals surface area contributed by atoms with Gasteiger partial charge in [-0.15, -0.1) is 0 Å². The van der Waals surface area contributed by atoms with Crippen molar-refractivity contribution in [1.29, 1.82) is 0 Å². The third-order valence-electron chi connectivity index (χ3n) is 2.37. The number of methoxy groups -OCH3 is 1. The number of halogens is 4. The maximum Gasteiger partial charge on any atom is 0.420 e. The molecule has 1 aromatic carbocycles. The predicted octanol–water partition coefficient (Wildman–Crippen LogP) is 3.71. The molecular weight excluding hydrogens is 329 g/mol. The summed E-state index contributed by atoms with van der Waals surface area (Å²) < 4.78 is 48.6. The van der Waals surface area contributed by atoms with Crippen LogP contribution in [0, 0.1) is 0 Å². The topological polar surface area (TPSA) is 61.3 Å². The highest BCUT2D eigenvalue weighted by Gasteiger charge is 2.36. The van der Waals surface area contributed by atoms with E-state index in [0.717, 1.165) is 6.07 Å². The Morgan fingerprint density at radius 2 is 2.00 bits per heavy atom. The minimum atomic E-state index is -4.55. The van der Waals surface area contributed by atoms with Crippen molar-refractivity contribution in [2.24, 2.45) is 0 Å². The summed E-state index contributed by atoms with van der Waals surface area (Å²) in [7, 11) is 1.17. The number of aromatic nitrogens is 1. The van der Waals surface area contributed by atoms with E-state index in [-0.39, 0.29) is 27.4 Å². The van der Waals surface area contributed by atoms with Gasteiger partial charge in [0.15, 0.2) is 11.6 Å². The van der Waals surface area contributed by atoms with Gasteiger partial charge in [0.1, 0.15) is 5.75 Å². The molecule has 19 heavy (non-hydrogen) atoms. The number of hydrogen-bond donors (Lipinski definition) is 1. The Morgan fingerprint density at radius 3 is 2.47 bits per heavy atom. The molecule has 2 aromatic rings. The molecule has 102 valence electrons. The number of ether oxygens (including phenoxy) is 1. The van der Waals surface area contributed by atoms with Gasteiger partial charge in [-0.25, -0.2) is 0 Å². The Hall–Kier alpha value is -1.70. The number of hydrogen-bond acceptors (Lipinski definition) is 4. The van der Waals surface area contributed by atoms with Crippen LogP contribution in [0.5, 0.6) is 5.75 Å². The second-order valence-electron chi connectivity index (χ2n) is 3.65. The molecule has 0 fully saturated rings. The van der Waals surface area contributed by atoms with Crippen molar-refractivity contribution in [2.75, 3.05) is 12.8 Å². The molecule has 2 N–H and O–H groups in total. The van der Waals surface area contributed by atoms with E-state index in [2.05, 4.69) is 21.1 Å². The lowest BCUT2D eigenvalue weighted by Crippen LogP contribution is -2.08. The molecule has 8 heteroatoms. The summed E-state index contributed by atoms with van der Waals surface area (Å²) in [6.07, 6.45) is -4.55. The molecule has 0 saturated heterocycles. The van der Waals surface area contributed by atoms with E-state index < -0.39 is 11.7 Å².